The van der Waals surface area contributed by atoms with Crippen LogP contribution in [0.4, 0.5) is 0 Å². The molecule has 0 aromatic carbocycles. The van der Waals surface area contributed by atoms with Crippen LogP contribution in [0.5, 0.6) is 0 Å². The van der Waals surface area contributed by atoms with Crippen molar-refractivity contribution in [3.05, 3.63) is 22.6 Å². The van der Waals surface area contributed by atoms with E-state index in [0.29, 0.717) is 11.2 Å². The summed E-state index contributed by atoms with van der Waals surface area (Å²) in [6.45, 7) is 1.92. The molecule has 1 unspecified atom stereocenters. The van der Waals surface area contributed by atoms with Crippen LogP contribution in [0.15, 0.2) is 22.2 Å². The second kappa shape index (κ2) is 5.55. The fourth-order valence-corrected chi connectivity index (χ4v) is 2.63. The van der Waals surface area contributed by atoms with Crippen molar-refractivity contribution in [2.24, 2.45) is 0 Å². The molecule has 1 fully saturated rings. The molecule has 1 aromatic rings. The maximum atomic E-state index is 11.1. The van der Waals surface area contributed by atoms with E-state index >= 15 is 0 Å². The molecule has 2 rings (SSSR count). The second-order valence-electron chi connectivity index (χ2n) is 4.70. The molecule has 5 nitrogen and oxygen atoms in total. The highest BCUT2D eigenvalue weighted by Crippen LogP contribution is 2.25. The average Bonchev–Trinajstić information content (AvgIpc) is 3.13. The van der Waals surface area contributed by atoms with Gasteiger partial charge in [-0.3, -0.25) is 10.1 Å². The Kier molecular flexibility index (Phi) is 4.04. The molecule has 1 atom stereocenters. The molecule has 1 aliphatic rings. The zero-order valence-electron chi connectivity index (χ0n) is 10.3. The fourth-order valence-electron chi connectivity index (χ4n) is 1.62. The van der Waals surface area contributed by atoms with Gasteiger partial charge in [0.1, 0.15) is 5.54 Å². The van der Waals surface area contributed by atoms with Gasteiger partial charge in [0.25, 0.3) is 5.56 Å². The van der Waals surface area contributed by atoms with Crippen LogP contribution in [0.1, 0.15) is 26.2 Å². The zero-order chi connectivity index (χ0) is 13.0. The van der Waals surface area contributed by atoms with Gasteiger partial charge in [0.05, 0.1) is 6.07 Å². The van der Waals surface area contributed by atoms with Crippen molar-refractivity contribution in [3.8, 4) is 6.07 Å². The Labute approximate surface area is 110 Å². The predicted molar refractivity (Wildman–Crippen MR) is 70.4 cm³/mol. The highest BCUT2D eigenvalue weighted by molar-refractivity contribution is 7.99. The van der Waals surface area contributed by atoms with Crippen molar-refractivity contribution in [1.29, 1.82) is 5.26 Å². The van der Waals surface area contributed by atoms with E-state index in [9.17, 15) is 10.1 Å². The van der Waals surface area contributed by atoms with E-state index in [2.05, 4.69) is 21.4 Å². The molecule has 1 aliphatic carbocycles. The number of thioether (sulfide) groups is 1. The van der Waals surface area contributed by atoms with Crippen molar-refractivity contribution in [2.75, 3.05) is 5.75 Å². The Hall–Kier alpha value is -1.32. The summed E-state index contributed by atoms with van der Waals surface area (Å²) in [5.41, 5.74) is -0.630. The molecule has 1 aromatic heterocycles. The van der Waals surface area contributed by atoms with Gasteiger partial charge >= 0.3 is 0 Å². The molecule has 0 spiro atoms. The Morgan fingerprint density at radius 1 is 1.72 bits per heavy atom. The van der Waals surface area contributed by atoms with Crippen LogP contribution in [0.25, 0.3) is 0 Å². The minimum Gasteiger partial charge on any atom is -0.301 e. The van der Waals surface area contributed by atoms with E-state index in [1.54, 1.807) is 0 Å². The number of hydrogen-bond donors (Lipinski definition) is 2. The van der Waals surface area contributed by atoms with Gasteiger partial charge in [-0.2, -0.15) is 5.26 Å². The third-order valence-electron chi connectivity index (χ3n) is 2.84. The zero-order valence-corrected chi connectivity index (χ0v) is 11.1. The van der Waals surface area contributed by atoms with E-state index < -0.39 is 5.54 Å². The molecule has 18 heavy (non-hydrogen) atoms. The standard InChI is InChI=1S/C12H16N4OS/c1-12(8-13,16-9-2-3-9)5-7-18-11-14-6-4-10(17)15-11/h4,6,9,16H,2-3,5,7H2,1H3,(H,14,15,17). The lowest BCUT2D eigenvalue weighted by Gasteiger charge is -2.22. The number of aromatic nitrogens is 2. The van der Waals surface area contributed by atoms with Gasteiger partial charge in [0, 0.05) is 24.1 Å². The first-order chi connectivity index (χ1) is 8.61. The molecular weight excluding hydrogens is 248 g/mol. The van der Waals surface area contributed by atoms with Gasteiger partial charge in [-0.15, -0.1) is 0 Å². The first-order valence-corrected chi connectivity index (χ1v) is 6.97. The maximum absolute atomic E-state index is 11.1. The van der Waals surface area contributed by atoms with Crippen molar-refractivity contribution >= 4 is 11.8 Å². The van der Waals surface area contributed by atoms with Crippen molar-refractivity contribution in [1.82, 2.24) is 15.3 Å². The van der Waals surface area contributed by atoms with Crippen LogP contribution in [0.3, 0.4) is 0 Å². The van der Waals surface area contributed by atoms with E-state index in [1.807, 2.05) is 6.92 Å². The summed E-state index contributed by atoms with van der Waals surface area (Å²) in [5.74, 6) is 0.747. The van der Waals surface area contributed by atoms with Gasteiger partial charge in [0.15, 0.2) is 5.16 Å². The molecule has 0 saturated heterocycles. The third-order valence-corrected chi connectivity index (χ3v) is 3.72. The lowest BCUT2D eigenvalue weighted by Crippen LogP contribution is -2.42. The van der Waals surface area contributed by atoms with Crippen molar-refractivity contribution < 1.29 is 0 Å². The van der Waals surface area contributed by atoms with Crippen LogP contribution in [0.2, 0.25) is 0 Å². The number of rotatable bonds is 6. The summed E-state index contributed by atoms with van der Waals surface area (Å²) in [5, 5.41) is 13.2. The first kappa shape index (κ1) is 13.1. The Morgan fingerprint density at radius 3 is 3.11 bits per heavy atom. The summed E-state index contributed by atoms with van der Waals surface area (Å²) in [7, 11) is 0. The van der Waals surface area contributed by atoms with Gasteiger partial charge < -0.3 is 4.98 Å². The lowest BCUT2D eigenvalue weighted by molar-refractivity contribution is 0.433. The fraction of sp³-hybridized carbons (Fsp3) is 0.583. The number of hydrogen-bond acceptors (Lipinski definition) is 5. The van der Waals surface area contributed by atoms with Crippen LogP contribution >= 0.6 is 11.8 Å². The largest absolute Gasteiger partial charge is 0.301 e. The number of nitriles is 1. The minimum atomic E-state index is -0.483. The molecule has 96 valence electrons. The summed E-state index contributed by atoms with van der Waals surface area (Å²) in [4.78, 5) is 17.8. The predicted octanol–water partition coefficient (Wildman–Crippen LogP) is 1.29. The monoisotopic (exact) mass is 264 g/mol. The molecule has 0 amide bonds. The SMILES string of the molecule is CC(C#N)(CCSc1nccc(=O)[nH]1)NC1CC1. The summed E-state index contributed by atoms with van der Waals surface area (Å²) < 4.78 is 0. The maximum Gasteiger partial charge on any atom is 0.251 e. The summed E-state index contributed by atoms with van der Waals surface area (Å²) >= 11 is 1.47. The van der Waals surface area contributed by atoms with E-state index in [-0.39, 0.29) is 5.56 Å². The highest BCUT2D eigenvalue weighted by atomic mass is 32.2. The minimum absolute atomic E-state index is 0.147. The smallest absolute Gasteiger partial charge is 0.251 e. The van der Waals surface area contributed by atoms with E-state index in [4.69, 9.17) is 0 Å². The van der Waals surface area contributed by atoms with Gasteiger partial charge in [0.2, 0.25) is 0 Å². The molecule has 6 heteroatoms. The van der Waals surface area contributed by atoms with Crippen molar-refractivity contribution in [2.45, 2.75) is 42.9 Å². The number of nitrogens with one attached hydrogen (secondary N) is 2. The topological polar surface area (TPSA) is 81.6 Å². The molecule has 1 saturated carbocycles. The number of H-pyrrole nitrogens is 1. The van der Waals surface area contributed by atoms with Crippen molar-refractivity contribution in [3.63, 3.8) is 0 Å². The van der Waals surface area contributed by atoms with Crippen LogP contribution < -0.4 is 10.9 Å². The highest BCUT2D eigenvalue weighted by Gasteiger charge is 2.32. The second-order valence-corrected chi connectivity index (χ2v) is 5.78. The normalized spacial score (nSPS) is 18.0. The van der Waals surface area contributed by atoms with E-state index in [0.717, 1.165) is 25.0 Å². The molecule has 0 bridgehead atoms. The molecule has 0 aliphatic heterocycles. The Bertz CT molecular complexity index is 505. The lowest BCUT2D eigenvalue weighted by atomic mass is 10.0. The van der Waals surface area contributed by atoms with Gasteiger partial charge in [-0.1, -0.05) is 11.8 Å². The molecule has 1 heterocycles. The summed E-state index contributed by atoms with van der Waals surface area (Å²) in [6.07, 6.45) is 4.55. The Balaban J connectivity index is 1.83. The van der Waals surface area contributed by atoms with Crippen LogP contribution in [-0.4, -0.2) is 27.3 Å². The van der Waals surface area contributed by atoms with E-state index in [1.165, 1.54) is 24.0 Å². The quantitative estimate of drug-likeness (QED) is 0.597. The summed E-state index contributed by atoms with van der Waals surface area (Å²) in [6, 6.07) is 4.23. The first-order valence-electron chi connectivity index (χ1n) is 5.98. The Morgan fingerprint density at radius 2 is 2.50 bits per heavy atom. The van der Waals surface area contributed by atoms with Crippen LogP contribution in [0, 0.1) is 11.3 Å². The molecule has 0 radical (unpaired) electrons. The number of aromatic amines is 1. The van der Waals surface area contributed by atoms with Gasteiger partial charge in [-0.05, 0) is 26.2 Å². The number of nitrogens with zero attached hydrogens (tertiary/aromatic N) is 2. The third kappa shape index (κ3) is 3.86. The molecule has 2 N–H and O–H groups in total. The van der Waals surface area contributed by atoms with Gasteiger partial charge in [-0.25, -0.2) is 4.98 Å². The van der Waals surface area contributed by atoms with Crippen LogP contribution in [-0.2, 0) is 0 Å². The molecular formula is C12H16N4OS. The average molecular weight is 264 g/mol.